The van der Waals surface area contributed by atoms with Gasteiger partial charge in [-0.3, -0.25) is 4.79 Å². The van der Waals surface area contributed by atoms with E-state index in [2.05, 4.69) is 18.6 Å². The predicted molar refractivity (Wildman–Crippen MR) is 172 cm³/mol. The Hall–Kier alpha value is -3.28. The number of carbonyl (C=O) groups excluding carboxylic acids is 2. The molecule has 0 radical (unpaired) electrons. The number of nitrogens with one attached hydrogen (secondary N) is 2. The van der Waals surface area contributed by atoms with Gasteiger partial charge in [0.2, 0.25) is 15.9 Å². The quantitative estimate of drug-likeness (QED) is 0.294. The number of nitrogens with zero attached hydrogens (tertiary/aromatic N) is 2. The number of ether oxygens (including phenoxy) is 1. The van der Waals surface area contributed by atoms with Crippen molar-refractivity contribution >= 4 is 27.7 Å². The summed E-state index contributed by atoms with van der Waals surface area (Å²) in [5, 5.41) is 17.5. The second-order valence-corrected chi connectivity index (χ2v) is 13.9. The van der Waals surface area contributed by atoms with Gasteiger partial charge in [-0.2, -0.15) is 4.72 Å². The van der Waals surface area contributed by atoms with Crippen molar-refractivity contribution in [2.24, 2.45) is 0 Å². The van der Waals surface area contributed by atoms with Gasteiger partial charge in [-0.15, -0.1) is 0 Å². The van der Waals surface area contributed by atoms with Crippen LogP contribution in [-0.2, 0) is 26.0 Å². The third-order valence-electron chi connectivity index (χ3n) is 7.93. The smallest absolute Gasteiger partial charge is 0.409 e. The van der Waals surface area contributed by atoms with Gasteiger partial charge in [-0.05, 0) is 65.0 Å². The van der Waals surface area contributed by atoms with Crippen LogP contribution in [0.1, 0.15) is 94.0 Å². The van der Waals surface area contributed by atoms with E-state index in [9.17, 15) is 23.1 Å². The van der Waals surface area contributed by atoms with Crippen LogP contribution in [-0.4, -0.2) is 86.5 Å². The number of aliphatic hydroxyl groups is 1. The Labute approximate surface area is 262 Å². The van der Waals surface area contributed by atoms with Gasteiger partial charge in [0.15, 0.2) is 0 Å². The molecule has 0 spiro atoms. The van der Waals surface area contributed by atoms with E-state index in [1.807, 2.05) is 39.8 Å². The van der Waals surface area contributed by atoms with Gasteiger partial charge in [0, 0.05) is 26.2 Å². The van der Waals surface area contributed by atoms with Gasteiger partial charge in [0.1, 0.15) is 6.04 Å². The van der Waals surface area contributed by atoms with Crippen LogP contribution in [0.3, 0.4) is 0 Å². The molecule has 10 nitrogen and oxygen atoms in total. The molecular weight excluding hydrogens is 580 g/mol. The Morgan fingerprint density at radius 3 is 2.00 bits per heavy atom. The minimum absolute atomic E-state index is 0.0267. The minimum Gasteiger partial charge on any atom is -0.450 e. The standard InChI is InChI=1S/C33H48N4O6S/c1-8-43-33(40)37-14-12-36(13-15-37)32(39)30(17-24-10-9-11-25(16-24)29(34)20-38)35-44(41,42)31-27(22(4)5)18-26(21(2)3)19-28(31)23(6)7/h9-11,16,18-19,21-23,30,34-35,38H,8,12-15,17,20H2,1-7H3/t30-/m0/s1. The van der Waals surface area contributed by atoms with Crippen molar-refractivity contribution in [2.45, 2.75) is 83.6 Å². The van der Waals surface area contributed by atoms with E-state index in [4.69, 9.17) is 10.1 Å². The number of piperazine rings is 1. The van der Waals surface area contributed by atoms with Crippen molar-refractivity contribution in [3.05, 3.63) is 64.2 Å². The summed E-state index contributed by atoms with van der Waals surface area (Å²) in [5.74, 6) is -0.342. The maximum absolute atomic E-state index is 14.4. The summed E-state index contributed by atoms with van der Waals surface area (Å²) in [6.45, 7) is 14.6. The lowest BCUT2D eigenvalue weighted by Gasteiger charge is -2.36. The highest BCUT2D eigenvalue weighted by Gasteiger charge is 2.35. The molecular formula is C33H48N4O6S. The monoisotopic (exact) mass is 628 g/mol. The molecule has 0 aliphatic carbocycles. The average molecular weight is 629 g/mol. The summed E-state index contributed by atoms with van der Waals surface area (Å²) in [6, 6.07) is 9.67. The van der Waals surface area contributed by atoms with Crippen LogP contribution < -0.4 is 4.72 Å². The van der Waals surface area contributed by atoms with Gasteiger partial charge >= 0.3 is 6.09 Å². The Bertz CT molecular complexity index is 1420. The summed E-state index contributed by atoms with van der Waals surface area (Å²) in [4.78, 5) is 29.6. The zero-order chi connectivity index (χ0) is 32.8. The number of hydrogen-bond acceptors (Lipinski definition) is 7. The fraction of sp³-hybridized carbons (Fsp3) is 0.545. The number of benzene rings is 2. The average Bonchev–Trinajstić information content (AvgIpc) is 2.99. The molecule has 44 heavy (non-hydrogen) atoms. The van der Waals surface area contributed by atoms with E-state index < -0.39 is 34.7 Å². The summed E-state index contributed by atoms with van der Waals surface area (Å²) < 4.78 is 36.6. The fourth-order valence-corrected chi connectivity index (χ4v) is 7.27. The molecule has 1 saturated heterocycles. The molecule has 2 aromatic rings. The van der Waals surface area contributed by atoms with E-state index in [-0.39, 0.29) is 67.6 Å². The third kappa shape index (κ3) is 8.46. The molecule has 0 unspecified atom stereocenters. The molecule has 1 aliphatic rings. The van der Waals surface area contributed by atoms with Crippen LogP contribution in [0.15, 0.2) is 41.3 Å². The van der Waals surface area contributed by atoms with Crippen LogP contribution >= 0.6 is 0 Å². The topological polar surface area (TPSA) is 140 Å². The Morgan fingerprint density at radius 1 is 0.932 bits per heavy atom. The van der Waals surface area contributed by atoms with Crippen molar-refractivity contribution in [3.8, 4) is 0 Å². The molecule has 2 aromatic carbocycles. The lowest BCUT2D eigenvalue weighted by molar-refractivity contribution is -0.134. The highest BCUT2D eigenvalue weighted by Crippen LogP contribution is 2.35. The SMILES string of the molecule is CCOC(=O)N1CCN(C(=O)[C@H](Cc2cccc(C(=N)CO)c2)NS(=O)(=O)c2c(C(C)C)cc(C(C)C)cc2C(C)C)CC1. The molecule has 3 rings (SSSR count). The molecule has 1 fully saturated rings. The molecule has 0 aromatic heterocycles. The van der Waals surface area contributed by atoms with E-state index in [0.717, 1.165) is 5.56 Å². The van der Waals surface area contributed by atoms with Gasteiger partial charge in [-0.25, -0.2) is 13.2 Å². The minimum atomic E-state index is -4.18. The molecule has 0 bridgehead atoms. The number of aliphatic hydroxyl groups excluding tert-OH is 1. The molecule has 2 amide bonds. The van der Waals surface area contributed by atoms with Crippen molar-refractivity contribution in [2.75, 3.05) is 39.4 Å². The van der Waals surface area contributed by atoms with Crippen LogP contribution in [0.2, 0.25) is 0 Å². The molecule has 0 saturated carbocycles. The van der Waals surface area contributed by atoms with Crippen molar-refractivity contribution < 1.29 is 27.9 Å². The number of hydrogen-bond donors (Lipinski definition) is 3. The summed E-state index contributed by atoms with van der Waals surface area (Å²) in [5.41, 5.74) is 3.65. The highest BCUT2D eigenvalue weighted by atomic mass is 32.2. The maximum Gasteiger partial charge on any atom is 0.409 e. The number of amides is 2. The van der Waals surface area contributed by atoms with Crippen molar-refractivity contribution in [1.29, 1.82) is 5.41 Å². The first-order valence-corrected chi connectivity index (χ1v) is 16.9. The zero-order valence-corrected chi connectivity index (χ0v) is 27.8. The number of sulfonamides is 1. The lowest BCUT2D eigenvalue weighted by Crippen LogP contribution is -2.56. The van der Waals surface area contributed by atoms with Gasteiger partial charge in [0.25, 0.3) is 0 Å². The maximum atomic E-state index is 14.4. The van der Waals surface area contributed by atoms with Crippen LogP contribution in [0.4, 0.5) is 4.79 Å². The van der Waals surface area contributed by atoms with Gasteiger partial charge in [-0.1, -0.05) is 71.9 Å². The Morgan fingerprint density at radius 2 is 1.50 bits per heavy atom. The molecule has 1 atom stereocenters. The van der Waals surface area contributed by atoms with E-state index in [1.165, 1.54) is 4.90 Å². The largest absolute Gasteiger partial charge is 0.450 e. The van der Waals surface area contributed by atoms with Gasteiger partial charge < -0.3 is 25.1 Å². The van der Waals surface area contributed by atoms with Crippen molar-refractivity contribution in [3.63, 3.8) is 0 Å². The first-order chi connectivity index (χ1) is 20.7. The fourth-order valence-electron chi connectivity index (χ4n) is 5.38. The van der Waals surface area contributed by atoms with E-state index >= 15 is 0 Å². The van der Waals surface area contributed by atoms with E-state index in [0.29, 0.717) is 22.3 Å². The van der Waals surface area contributed by atoms with E-state index in [1.54, 1.807) is 36.1 Å². The highest BCUT2D eigenvalue weighted by molar-refractivity contribution is 7.89. The second kappa shape index (κ2) is 15.1. The molecule has 1 heterocycles. The Balaban J connectivity index is 2.04. The molecule has 242 valence electrons. The zero-order valence-electron chi connectivity index (χ0n) is 27.0. The molecule has 3 N–H and O–H groups in total. The van der Waals surface area contributed by atoms with Crippen LogP contribution in [0, 0.1) is 5.41 Å². The Kier molecular flexibility index (Phi) is 12.1. The van der Waals surface area contributed by atoms with Crippen molar-refractivity contribution in [1.82, 2.24) is 14.5 Å². The lowest BCUT2D eigenvalue weighted by atomic mass is 9.89. The first kappa shape index (κ1) is 35.2. The number of rotatable bonds is 12. The number of carbonyl (C=O) groups is 2. The normalized spacial score (nSPS) is 14.8. The van der Waals surface area contributed by atoms with Crippen LogP contribution in [0.25, 0.3) is 0 Å². The third-order valence-corrected chi connectivity index (χ3v) is 9.54. The molecule has 11 heteroatoms. The second-order valence-electron chi connectivity index (χ2n) is 12.2. The predicted octanol–water partition coefficient (Wildman–Crippen LogP) is 4.61. The van der Waals surface area contributed by atoms with Gasteiger partial charge in [0.05, 0.1) is 23.8 Å². The summed E-state index contributed by atoms with van der Waals surface area (Å²) >= 11 is 0. The van der Waals surface area contributed by atoms with Crippen LogP contribution in [0.5, 0.6) is 0 Å². The summed E-state index contributed by atoms with van der Waals surface area (Å²) in [6.07, 6.45) is -0.395. The molecule has 1 aliphatic heterocycles. The summed E-state index contributed by atoms with van der Waals surface area (Å²) in [7, 11) is -4.18. The first-order valence-electron chi connectivity index (χ1n) is 15.4.